The summed E-state index contributed by atoms with van der Waals surface area (Å²) in [4.78, 5) is 7.13. The average Bonchev–Trinajstić information content (AvgIpc) is 2.73. The number of hydrogen-bond donors (Lipinski definition) is 0. The summed E-state index contributed by atoms with van der Waals surface area (Å²) >= 11 is 0. The summed E-state index contributed by atoms with van der Waals surface area (Å²) in [7, 11) is 2.24. The lowest BCUT2D eigenvalue weighted by atomic mass is 9.95. The molecule has 0 N–H and O–H groups in total. The Balaban J connectivity index is 1.70. The zero-order valence-corrected chi connectivity index (χ0v) is 10.9. The van der Waals surface area contributed by atoms with Crippen molar-refractivity contribution >= 4 is 0 Å². The lowest BCUT2D eigenvalue weighted by Crippen LogP contribution is -2.33. The third-order valence-electron chi connectivity index (χ3n) is 4.28. The molecule has 1 saturated heterocycles. The van der Waals surface area contributed by atoms with Gasteiger partial charge in [-0.25, -0.2) is 4.98 Å². The molecule has 3 rings (SSSR count). The molecule has 0 amide bonds. The van der Waals surface area contributed by atoms with E-state index in [-0.39, 0.29) is 0 Å². The van der Waals surface area contributed by atoms with Crippen molar-refractivity contribution < 1.29 is 0 Å². The van der Waals surface area contributed by atoms with E-state index in [0.29, 0.717) is 0 Å². The predicted molar refractivity (Wildman–Crippen MR) is 69.1 cm³/mol. The lowest BCUT2D eigenvalue weighted by Gasteiger charge is -2.29. The molecule has 2 aliphatic heterocycles. The molecule has 0 radical (unpaired) electrons. The molecule has 3 heterocycles. The van der Waals surface area contributed by atoms with Crippen LogP contribution in [0.25, 0.3) is 0 Å². The minimum Gasteiger partial charge on any atom is -0.332 e. The Hall–Kier alpha value is -0.830. The van der Waals surface area contributed by atoms with Gasteiger partial charge in [0.15, 0.2) is 0 Å². The third-order valence-corrected chi connectivity index (χ3v) is 4.28. The van der Waals surface area contributed by atoms with Crippen LogP contribution >= 0.6 is 0 Å². The fraction of sp³-hybridized carbons (Fsp3) is 0.786. The van der Waals surface area contributed by atoms with Crippen molar-refractivity contribution in [1.29, 1.82) is 0 Å². The maximum atomic E-state index is 4.66. The molecule has 0 spiro atoms. The molecule has 3 nitrogen and oxygen atoms in total. The van der Waals surface area contributed by atoms with Crippen molar-refractivity contribution in [3.63, 3.8) is 0 Å². The van der Waals surface area contributed by atoms with E-state index >= 15 is 0 Å². The van der Waals surface area contributed by atoms with E-state index in [0.717, 1.165) is 5.92 Å². The monoisotopic (exact) mass is 233 g/mol. The second kappa shape index (κ2) is 4.81. The van der Waals surface area contributed by atoms with Gasteiger partial charge >= 0.3 is 0 Å². The van der Waals surface area contributed by atoms with E-state index < -0.39 is 0 Å². The van der Waals surface area contributed by atoms with Crippen molar-refractivity contribution in [2.75, 3.05) is 20.1 Å². The van der Waals surface area contributed by atoms with Gasteiger partial charge in [0.05, 0.1) is 0 Å². The van der Waals surface area contributed by atoms with E-state index in [2.05, 4.69) is 27.7 Å². The largest absolute Gasteiger partial charge is 0.332 e. The van der Waals surface area contributed by atoms with Crippen LogP contribution in [-0.4, -0.2) is 34.6 Å². The summed E-state index contributed by atoms with van der Waals surface area (Å²) in [6, 6.07) is 0. The quantitative estimate of drug-likeness (QED) is 0.780. The van der Waals surface area contributed by atoms with Crippen molar-refractivity contribution in [3.8, 4) is 0 Å². The van der Waals surface area contributed by atoms with E-state index in [1.807, 2.05) is 0 Å². The first-order chi connectivity index (χ1) is 8.33. The molecular formula is C14H23N3. The topological polar surface area (TPSA) is 21.1 Å². The summed E-state index contributed by atoms with van der Waals surface area (Å²) < 4.78 is 2.48. The molecule has 17 heavy (non-hydrogen) atoms. The number of likely N-dealkylation sites (tertiary alicyclic amines) is 1. The predicted octanol–water partition coefficient (Wildman–Crippen LogP) is 2.10. The van der Waals surface area contributed by atoms with Gasteiger partial charge in [0, 0.05) is 31.4 Å². The van der Waals surface area contributed by atoms with E-state index in [1.165, 1.54) is 69.7 Å². The van der Waals surface area contributed by atoms with Crippen LogP contribution in [0.5, 0.6) is 0 Å². The molecule has 0 aliphatic carbocycles. The van der Waals surface area contributed by atoms with Gasteiger partial charge in [-0.1, -0.05) is 0 Å². The zero-order chi connectivity index (χ0) is 11.7. The standard InChI is InChI=1S/C14H23N3/c1-16-7-4-5-12(11-16)9-14-15-10-13-6-2-3-8-17(13)14/h10,12H,2-9,11H2,1H3. The van der Waals surface area contributed by atoms with Gasteiger partial charge in [-0.3, -0.25) is 0 Å². The van der Waals surface area contributed by atoms with Gasteiger partial charge < -0.3 is 9.47 Å². The number of piperidine rings is 1. The molecule has 1 aromatic heterocycles. The molecule has 1 aromatic rings. The normalized spacial score (nSPS) is 25.8. The lowest BCUT2D eigenvalue weighted by molar-refractivity contribution is 0.206. The Kier molecular flexibility index (Phi) is 3.19. The van der Waals surface area contributed by atoms with Crippen LogP contribution in [0.1, 0.15) is 37.2 Å². The SMILES string of the molecule is CN1CCCC(Cc2ncc3n2CCCC3)C1. The van der Waals surface area contributed by atoms with Gasteiger partial charge in [-0.15, -0.1) is 0 Å². The van der Waals surface area contributed by atoms with Gasteiger partial charge in [0.2, 0.25) is 0 Å². The number of rotatable bonds is 2. The van der Waals surface area contributed by atoms with Crippen molar-refractivity contribution in [3.05, 3.63) is 17.7 Å². The van der Waals surface area contributed by atoms with Crippen LogP contribution < -0.4 is 0 Å². The number of aryl methyl sites for hydroxylation is 1. The molecule has 1 unspecified atom stereocenters. The average molecular weight is 233 g/mol. The minimum absolute atomic E-state index is 0.821. The number of imidazole rings is 1. The Labute approximate surface area is 104 Å². The van der Waals surface area contributed by atoms with Crippen LogP contribution in [0, 0.1) is 5.92 Å². The van der Waals surface area contributed by atoms with Crippen LogP contribution in [0.4, 0.5) is 0 Å². The second-order valence-corrected chi connectivity index (χ2v) is 5.75. The molecule has 0 aromatic carbocycles. The summed E-state index contributed by atoms with van der Waals surface area (Å²) in [5.41, 5.74) is 1.47. The van der Waals surface area contributed by atoms with E-state index in [4.69, 9.17) is 0 Å². The van der Waals surface area contributed by atoms with Crippen LogP contribution in [-0.2, 0) is 19.4 Å². The Morgan fingerprint density at radius 1 is 1.29 bits per heavy atom. The highest BCUT2D eigenvalue weighted by molar-refractivity contribution is 5.08. The summed E-state index contributed by atoms with van der Waals surface area (Å²) in [6.07, 6.45) is 9.95. The molecule has 2 aliphatic rings. The fourth-order valence-electron chi connectivity index (χ4n) is 3.36. The molecule has 0 bridgehead atoms. The fourth-order valence-corrected chi connectivity index (χ4v) is 3.36. The van der Waals surface area contributed by atoms with Crippen LogP contribution in [0.3, 0.4) is 0 Å². The van der Waals surface area contributed by atoms with Gasteiger partial charge in [-0.05, 0) is 51.6 Å². The van der Waals surface area contributed by atoms with Crippen molar-refractivity contribution in [1.82, 2.24) is 14.5 Å². The molecule has 3 heteroatoms. The minimum atomic E-state index is 0.821. The Bertz CT molecular complexity index is 383. The Morgan fingerprint density at radius 3 is 3.12 bits per heavy atom. The summed E-state index contributed by atoms with van der Waals surface area (Å²) in [5, 5.41) is 0. The number of hydrogen-bond acceptors (Lipinski definition) is 2. The highest BCUT2D eigenvalue weighted by atomic mass is 15.1. The smallest absolute Gasteiger partial charge is 0.109 e. The first kappa shape index (κ1) is 11.3. The van der Waals surface area contributed by atoms with Gasteiger partial charge in [-0.2, -0.15) is 0 Å². The molecular weight excluding hydrogens is 210 g/mol. The van der Waals surface area contributed by atoms with E-state index in [9.17, 15) is 0 Å². The molecule has 1 fully saturated rings. The van der Waals surface area contributed by atoms with Crippen LogP contribution in [0.2, 0.25) is 0 Å². The molecule has 1 atom stereocenters. The number of nitrogens with zero attached hydrogens (tertiary/aromatic N) is 3. The zero-order valence-electron chi connectivity index (χ0n) is 10.9. The second-order valence-electron chi connectivity index (χ2n) is 5.75. The summed E-state index contributed by atoms with van der Waals surface area (Å²) in [5.74, 6) is 2.17. The Morgan fingerprint density at radius 2 is 2.24 bits per heavy atom. The van der Waals surface area contributed by atoms with Gasteiger partial charge in [0.1, 0.15) is 5.82 Å². The number of aromatic nitrogens is 2. The first-order valence-corrected chi connectivity index (χ1v) is 7.05. The number of fused-ring (bicyclic) bond motifs is 1. The third kappa shape index (κ3) is 2.39. The van der Waals surface area contributed by atoms with Gasteiger partial charge in [0.25, 0.3) is 0 Å². The van der Waals surface area contributed by atoms with Crippen LogP contribution in [0.15, 0.2) is 6.20 Å². The van der Waals surface area contributed by atoms with Crippen molar-refractivity contribution in [2.45, 2.75) is 45.1 Å². The summed E-state index contributed by atoms with van der Waals surface area (Å²) in [6.45, 7) is 3.73. The molecule has 0 saturated carbocycles. The van der Waals surface area contributed by atoms with Crippen molar-refractivity contribution in [2.24, 2.45) is 5.92 Å². The first-order valence-electron chi connectivity index (χ1n) is 7.05. The maximum Gasteiger partial charge on any atom is 0.109 e. The highest BCUT2D eigenvalue weighted by Gasteiger charge is 2.21. The highest BCUT2D eigenvalue weighted by Crippen LogP contribution is 2.22. The molecule has 94 valence electrons. The van der Waals surface area contributed by atoms with E-state index in [1.54, 1.807) is 0 Å². The maximum absolute atomic E-state index is 4.66.